The third kappa shape index (κ3) is 2.81. The van der Waals surface area contributed by atoms with E-state index in [-0.39, 0.29) is 0 Å². The van der Waals surface area contributed by atoms with Crippen LogP contribution in [0.3, 0.4) is 0 Å². The van der Waals surface area contributed by atoms with E-state index in [2.05, 4.69) is 25.3 Å². The summed E-state index contributed by atoms with van der Waals surface area (Å²) >= 11 is 0. The number of para-hydroxylation sites is 2. The van der Waals surface area contributed by atoms with Crippen molar-refractivity contribution in [1.82, 2.24) is 29.8 Å². The molecule has 0 atom stereocenters. The molecule has 5 aromatic rings. The second kappa shape index (κ2) is 6.66. The largest absolute Gasteiger partial charge is 0.493 e. The van der Waals surface area contributed by atoms with Crippen molar-refractivity contribution in [2.75, 3.05) is 7.11 Å². The van der Waals surface area contributed by atoms with Crippen molar-refractivity contribution in [3.63, 3.8) is 0 Å². The van der Waals surface area contributed by atoms with E-state index in [1.165, 1.54) is 0 Å². The maximum Gasteiger partial charge on any atom is 0.182 e. The molecule has 8 nitrogen and oxygen atoms in total. The Kier molecular flexibility index (Phi) is 3.86. The van der Waals surface area contributed by atoms with E-state index in [1.807, 2.05) is 48.5 Å². The Bertz CT molecular complexity index is 1260. The highest BCUT2D eigenvalue weighted by molar-refractivity contribution is 5.88. The molecule has 8 heteroatoms. The SMILES string of the molecule is COc1ccccc1OCc1ccc(-c2nc3c4cn[nH]c4ncn3n2)cc1. The Labute approximate surface area is 159 Å². The lowest BCUT2D eigenvalue weighted by atomic mass is 10.1. The minimum atomic E-state index is 0.443. The summed E-state index contributed by atoms with van der Waals surface area (Å²) in [6, 6.07) is 15.6. The number of ether oxygens (including phenoxy) is 2. The summed E-state index contributed by atoms with van der Waals surface area (Å²) in [5.41, 5.74) is 3.37. The Morgan fingerprint density at radius 2 is 1.86 bits per heavy atom. The first kappa shape index (κ1) is 16.2. The molecule has 3 aromatic heterocycles. The Balaban J connectivity index is 1.38. The van der Waals surface area contributed by atoms with Crippen LogP contribution in [0.15, 0.2) is 61.1 Å². The van der Waals surface area contributed by atoms with Gasteiger partial charge in [0, 0.05) is 5.56 Å². The molecule has 0 saturated heterocycles. The highest BCUT2D eigenvalue weighted by Crippen LogP contribution is 2.27. The van der Waals surface area contributed by atoms with Gasteiger partial charge in [-0.05, 0) is 17.7 Å². The molecule has 0 saturated carbocycles. The number of nitrogens with zero attached hydrogens (tertiary/aromatic N) is 5. The number of aromatic nitrogens is 6. The molecule has 5 rings (SSSR count). The van der Waals surface area contributed by atoms with E-state index in [1.54, 1.807) is 24.1 Å². The van der Waals surface area contributed by atoms with Crippen molar-refractivity contribution in [3.05, 3.63) is 66.6 Å². The smallest absolute Gasteiger partial charge is 0.182 e. The van der Waals surface area contributed by atoms with Crippen LogP contribution in [0.4, 0.5) is 0 Å². The maximum absolute atomic E-state index is 5.87. The molecule has 0 bridgehead atoms. The molecule has 28 heavy (non-hydrogen) atoms. The normalized spacial score (nSPS) is 11.2. The second-order valence-electron chi connectivity index (χ2n) is 6.22. The third-order valence-corrected chi connectivity index (χ3v) is 4.46. The van der Waals surface area contributed by atoms with Gasteiger partial charge in [0.1, 0.15) is 12.9 Å². The summed E-state index contributed by atoms with van der Waals surface area (Å²) in [7, 11) is 1.63. The fourth-order valence-electron chi connectivity index (χ4n) is 3.01. The first-order valence-corrected chi connectivity index (χ1v) is 8.71. The fourth-order valence-corrected chi connectivity index (χ4v) is 3.01. The van der Waals surface area contributed by atoms with Gasteiger partial charge in [0.2, 0.25) is 0 Å². The van der Waals surface area contributed by atoms with Crippen LogP contribution in [0.5, 0.6) is 11.5 Å². The van der Waals surface area contributed by atoms with E-state index in [4.69, 9.17) is 9.47 Å². The van der Waals surface area contributed by atoms with Crippen LogP contribution in [0, 0.1) is 0 Å². The van der Waals surface area contributed by atoms with Gasteiger partial charge >= 0.3 is 0 Å². The number of hydrogen-bond acceptors (Lipinski definition) is 6. The van der Waals surface area contributed by atoms with Crippen molar-refractivity contribution >= 4 is 16.7 Å². The monoisotopic (exact) mass is 372 g/mol. The van der Waals surface area contributed by atoms with Crippen LogP contribution in [-0.4, -0.2) is 36.9 Å². The van der Waals surface area contributed by atoms with Crippen LogP contribution >= 0.6 is 0 Å². The molecular weight excluding hydrogens is 356 g/mol. The zero-order chi connectivity index (χ0) is 18.9. The van der Waals surface area contributed by atoms with Gasteiger partial charge in [0.15, 0.2) is 28.6 Å². The van der Waals surface area contributed by atoms with Gasteiger partial charge < -0.3 is 9.47 Å². The summed E-state index contributed by atoms with van der Waals surface area (Å²) in [4.78, 5) is 8.91. The van der Waals surface area contributed by atoms with Crippen molar-refractivity contribution < 1.29 is 9.47 Å². The highest BCUT2D eigenvalue weighted by Gasteiger charge is 2.11. The molecule has 138 valence electrons. The van der Waals surface area contributed by atoms with Crippen LogP contribution in [0.25, 0.3) is 28.1 Å². The van der Waals surface area contributed by atoms with Crippen LogP contribution in [-0.2, 0) is 6.61 Å². The van der Waals surface area contributed by atoms with Gasteiger partial charge in [0.05, 0.1) is 18.7 Å². The summed E-state index contributed by atoms with van der Waals surface area (Å²) in [6.07, 6.45) is 3.33. The summed E-state index contributed by atoms with van der Waals surface area (Å²) in [5.74, 6) is 2.06. The molecule has 0 aliphatic carbocycles. The van der Waals surface area contributed by atoms with Crippen molar-refractivity contribution in [1.29, 1.82) is 0 Å². The van der Waals surface area contributed by atoms with E-state index < -0.39 is 0 Å². The van der Waals surface area contributed by atoms with Gasteiger partial charge in [-0.1, -0.05) is 36.4 Å². The van der Waals surface area contributed by atoms with E-state index in [0.29, 0.717) is 29.6 Å². The zero-order valence-corrected chi connectivity index (χ0v) is 15.0. The minimum Gasteiger partial charge on any atom is -0.493 e. The highest BCUT2D eigenvalue weighted by atomic mass is 16.5. The molecule has 0 aliphatic heterocycles. The molecule has 0 fully saturated rings. The quantitative estimate of drug-likeness (QED) is 0.509. The molecule has 0 aliphatic rings. The topological polar surface area (TPSA) is 90.2 Å². The summed E-state index contributed by atoms with van der Waals surface area (Å²) in [5, 5.41) is 12.2. The zero-order valence-electron chi connectivity index (χ0n) is 15.0. The van der Waals surface area contributed by atoms with Gasteiger partial charge in [-0.2, -0.15) is 5.10 Å². The number of methoxy groups -OCH3 is 1. The maximum atomic E-state index is 5.87. The van der Waals surface area contributed by atoms with Gasteiger partial charge in [-0.3, -0.25) is 5.10 Å². The lowest BCUT2D eigenvalue weighted by Crippen LogP contribution is -1.97. The van der Waals surface area contributed by atoms with Crippen LogP contribution in [0.1, 0.15) is 5.56 Å². The second-order valence-corrected chi connectivity index (χ2v) is 6.22. The average molecular weight is 372 g/mol. The standard InChI is InChI=1S/C20H16N6O2/c1-27-16-4-2-3-5-17(16)28-11-13-6-8-14(9-7-13)18-23-20-15-10-22-24-19(15)21-12-26(20)25-18/h2-10,12H,11H2,1H3,(H,22,24). The molecule has 3 heterocycles. The van der Waals surface area contributed by atoms with E-state index in [0.717, 1.165) is 22.2 Å². The molecule has 0 spiro atoms. The van der Waals surface area contributed by atoms with Crippen LogP contribution < -0.4 is 9.47 Å². The molecular formula is C20H16N6O2. The number of aromatic amines is 1. The molecule has 0 amide bonds. The fraction of sp³-hybridized carbons (Fsp3) is 0.100. The summed E-state index contributed by atoms with van der Waals surface area (Å²) in [6.45, 7) is 0.443. The van der Waals surface area contributed by atoms with Crippen molar-refractivity contribution in [2.45, 2.75) is 6.61 Å². The van der Waals surface area contributed by atoms with Gasteiger partial charge in [-0.15, -0.1) is 5.10 Å². The average Bonchev–Trinajstić information content (AvgIpc) is 3.39. The first-order chi connectivity index (χ1) is 13.8. The molecule has 0 unspecified atom stereocenters. The minimum absolute atomic E-state index is 0.443. The first-order valence-electron chi connectivity index (χ1n) is 8.71. The number of H-pyrrole nitrogens is 1. The number of nitrogens with one attached hydrogen (secondary N) is 1. The number of rotatable bonds is 5. The van der Waals surface area contributed by atoms with Crippen molar-refractivity contribution in [3.8, 4) is 22.9 Å². The lowest BCUT2D eigenvalue weighted by molar-refractivity contribution is 0.284. The molecule has 1 N–H and O–H groups in total. The van der Waals surface area contributed by atoms with Gasteiger partial charge in [0.25, 0.3) is 0 Å². The third-order valence-electron chi connectivity index (χ3n) is 4.46. The predicted octanol–water partition coefficient (Wildman–Crippen LogP) is 3.26. The van der Waals surface area contributed by atoms with Crippen molar-refractivity contribution in [2.24, 2.45) is 0 Å². The van der Waals surface area contributed by atoms with E-state index >= 15 is 0 Å². The summed E-state index contributed by atoms with van der Waals surface area (Å²) < 4.78 is 12.8. The Morgan fingerprint density at radius 1 is 1.04 bits per heavy atom. The lowest BCUT2D eigenvalue weighted by Gasteiger charge is -2.10. The Morgan fingerprint density at radius 3 is 2.68 bits per heavy atom. The van der Waals surface area contributed by atoms with E-state index in [9.17, 15) is 0 Å². The van der Waals surface area contributed by atoms with Crippen LogP contribution in [0.2, 0.25) is 0 Å². The Hall–Kier alpha value is -3.94. The predicted molar refractivity (Wildman–Crippen MR) is 103 cm³/mol. The van der Waals surface area contributed by atoms with Gasteiger partial charge in [-0.25, -0.2) is 14.5 Å². The molecule has 0 radical (unpaired) electrons. The number of fused-ring (bicyclic) bond motifs is 3. The molecule has 2 aromatic carbocycles. The number of hydrogen-bond donors (Lipinski definition) is 1. The number of benzene rings is 2.